The third-order valence-corrected chi connectivity index (χ3v) is 6.69. The lowest BCUT2D eigenvalue weighted by Gasteiger charge is -2.24. The second kappa shape index (κ2) is 12.3. The maximum atomic E-state index is 12.4. The normalized spacial score (nSPS) is 13.3. The quantitative estimate of drug-likeness (QED) is 0.424. The lowest BCUT2D eigenvalue weighted by atomic mass is 10.1. The van der Waals surface area contributed by atoms with Crippen LogP contribution in [-0.4, -0.2) is 57.8 Å². The Morgan fingerprint density at radius 3 is 2.30 bits per heavy atom. The minimum atomic E-state index is -3.30. The van der Waals surface area contributed by atoms with Crippen molar-refractivity contribution in [2.75, 3.05) is 32.4 Å². The summed E-state index contributed by atoms with van der Waals surface area (Å²) >= 11 is 0. The summed E-state index contributed by atoms with van der Waals surface area (Å²) in [4.78, 5) is 7.28. The van der Waals surface area contributed by atoms with Gasteiger partial charge in [0.05, 0.1) is 10.6 Å². The zero-order valence-corrected chi connectivity index (χ0v) is 19.0. The highest BCUT2D eigenvalue weighted by atomic mass is 32.2. The summed E-state index contributed by atoms with van der Waals surface area (Å²) in [6, 6.07) is 19.3. The second-order valence-electron chi connectivity index (χ2n) is 7.36. The van der Waals surface area contributed by atoms with Gasteiger partial charge >= 0.3 is 0 Å². The minimum absolute atomic E-state index is 0.0254. The van der Waals surface area contributed by atoms with Crippen molar-refractivity contribution in [3.8, 4) is 0 Å². The molecule has 0 saturated heterocycles. The Bertz CT molecular complexity index is 871. The van der Waals surface area contributed by atoms with Crippen molar-refractivity contribution < 1.29 is 8.42 Å². The molecule has 0 saturated carbocycles. The van der Waals surface area contributed by atoms with Gasteiger partial charge in [-0.1, -0.05) is 48.5 Å². The summed E-state index contributed by atoms with van der Waals surface area (Å²) in [5.74, 6) is 0.677. The number of nitrogens with one attached hydrogen (secondary N) is 2. The lowest BCUT2D eigenvalue weighted by molar-refractivity contribution is 0.240. The molecule has 0 amide bonds. The highest BCUT2D eigenvalue weighted by Crippen LogP contribution is 2.10. The molecule has 2 rings (SSSR count). The summed E-state index contributed by atoms with van der Waals surface area (Å²) in [6.07, 6.45) is 0.919. The van der Waals surface area contributed by atoms with E-state index >= 15 is 0 Å². The van der Waals surface area contributed by atoms with Crippen LogP contribution in [0.15, 0.2) is 70.6 Å². The van der Waals surface area contributed by atoms with Crippen LogP contribution in [0.1, 0.15) is 25.8 Å². The van der Waals surface area contributed by atoms with E-state index < -0.39 is 9.84 Å². The van der Waals surface area contributed by atoms with E-state index in [0.717, 1.165) is 19.5 Å². The van der Waals surface area contributed by atoms with E-state index in [4.69, 9.17) is 0 Å². The maximum Gasteiger partial charge on any atom is 0.191 e. The topological polar surface area (TPSA) is 73.8 Å². The summed E-state index contributed by atoms with van der Waals surface area (Å²) < 4.78 is 24.8. The first kappa shape index (κ1) is 23.9. The van der Waals surface area contributed by atoms with Crippen LogP contribution >= 0.6 is 0 Å². The largest absolute Gasteiger partial charge is 0.357 e. The number of hydrogen-bond acceptors (Lipinski definition) is 4. The molecule has 2 aromatic rings. The van der Waals surface area contributed by atoms with Gasteiger partial charge in [0.1, 0.15) is 0 Å². The molecule has 2 aromatic carbocycles. The smallest absolute Gasteiger partial charge is 0.191 e. The number of rotatable bonds is 11. The molecule has 0 heterocycles. The van der Waals surface area contributed by atoms with Gasteiger partial charge in [-0.25, -0.2) is 8.42 Å². The van der Waals surface area contributed by atoms with Crippen molar-refractivity contribution in [3.05, 3.63) is 66.2 Å². The average molecular weight is 431 g/mol. The Balaban J connectivity index is 1.80. The van der Waals surface area contributed by atoms with E-state index in [0.29, 0.717) is 30.0 Å². The Hall–Kier alpha value is -2.38. The average Bonchev–Trinajstić information content (AvgIpc) is 2.75. The fourth-order valence-corrected chi connectivity index (χ4v) is 4.18. The molecule has 6 nitrogen and oxygen atoms in total. The monoisotopic (exact) mass is 430 g/mol. The summed E-state index contributed by atoms with van der Waals surface area (Å²) in [6.45, 7) is 6.80. The molecule has 0 spiro atoms. The summed E-state index contributed by atoms with van der Waals surface area (Å²) in [7, 11) is -1.17. The zero-order chi connectivity index (χ0) is 21.8. The molecule has 0 aliphatic rings. The first-order chi connectivity index (χ1) is 14.4. The fourth-order valence-electron chi connectivity index (χ4n) is 3.00. The molecule has 7 heteroatoms. The van der Waals surface area contributed by atoms with Crippen LogP contribution in [-0.2, 0) is 16.4 Å². The van der Waals surface area contributed by atoms with Crippen molar-refractivity contribution in [3.63, 3.8) is 0 Å². The zero-order valence-electron chi connectivity index (χ0n) is 18.2. The molecule has 164 valence electrons. The van der Waals surface area contributed by atoms with Crippen LogP contribution in [0.4, 0.5) is 0 Å². The SMILES string of the molecule is CCNC(=NCCC(C)N(C)Cc1ccccc1)NCCS(=O)(=O)c1ccccc1. The maximum absolute atomic E-state index is 12.4. The van der Waals surface area contributed by atoms with E-state index in [2.05, 4.69) is 58.8 Å². The van der Waals surface area contributed by atoms with Gasteiger partial charge in [0.15, 0.2) is 15.8 Å². The predicted molar refractivity (Wildman–Crippen MR) is 124 cm³/mol. The minimum Gasteiger partial charge on any atom is -0.357 e. The first-order valence-corrected chi connectivity index (χ1v) is 12.1. The molecule has 0 aliphatic heterocycles. The Morgan fingerprint density at radius 1 is 1.03 bits per heavy atom. The molecule has 0 fully saturated rings. The standard InChI is InChI=1S/C23H34N4O2S/c1-4-24-23(26-17-18-30(28,29)22-13-9-6-10-14-22)25-16-15-20(2)27(3)19-21-11-7-5-8-12-21/h5-14,20H,4,15-19H2,1-3H3,(H2,24,25,26). The van der Waals surface area contributed by atoms with Crippen LogP contribution < -0.4 is 10.6 Å². The number of guanidine groups is 1. The highest BCUT2D eigenvalue weighted by Gasteiger charge is 2.14. The van der Waals surface area contributed by atoms with Gasteiger partial charge in [0.2, 0.25) is 0 Å². The third kappa shape index (κ3) is 8.16. The van der Waals surface area contributed by atoms with Crippen molar-refractivity contribution in [2.24, 2.45) is 4.99 Å². The van der Waals surface area contributed by atoms with E-state index in [1.54, 1.807) is 24.3 Å². The Morgan fingerprint density at radius 2 is 1.67 bits per heavy atom. The molecule has 0 aliphatic carbocycles. The molecule has 30 heavy (non-hydrogen) atoms. The van der Waals surface area contributed by atoms with Gasteiger partial charge in [-0.3, -0.25) is 9.89 Å². The second-order valence-corrected chi connectivity index (χ2v) is 9.47. The van der Waals surface area contributed by atoms with Gasteiger partial charge in [-0.2, -0.15) is 0 Å². The Labute approximate surface area is 181 Å². The molecule has 0 radical (unpaired) electrons. The van der Waals surface area contributed by atoms with E-state index in [-0.39, 0.29) is 5.75 Å². The van der Waals surface area contributed by atoms with Crippen molar-refractivity contribution in [1.82, 2.24) is 15.5 Å². The molecule has 1 unspecified atom stereocenters. The molecule has 0 aromatic heterocycles. The van der Waals surface area contributed by atoms with E-state index in [9.17, 15) is 8.42 Å². The number of sulfone groups is 1. The van der Waals surface area contributed by atoms with Crippen molar-refractivity contribution >= 4 is 15.8 Å². The van der Waals surface area contributed by atoms with E-state index in [1.165, 1.54) is 5.56 Å². The highest BCUT2D eigenvalue weighted by molar-refractivity contribution is 7.91. The number of hydrogen-bond donors (Lipinski definition) is 2. The third-order valence-electron chi connectivity index (χ3n) is 4.95. The first-order valence-electron chi connectivity index (χ1n) is 10.5. The number of aliphatic imine (C=N–C) groups is 1. The number of nitrogens with zero attached hydrogens (tertiary/aromatic N) is 2. The summed E-state index contributed by atoms with van der Waals surface area (Å²) in [5.41, 5.74) is 1.30. The van der Waals surface area contributed by atoms with Gasteiger partial charge < -0.3 is 10.6 Å². The van der Waals surface area contributed by atoms with Crippen LogP contribution in [0.2, 0.25) is 0 Å². The van der Waals surface area contributed by atoms with Crippen molar-refractivity contribution in [2.45, 2.75) is 37.8 Å². The van der Waals surface area contributed by atoms with Crippen LogP contribution in [0.3, 0.4) is 0 Å². The van der Waals surface area contributed by atoms with Gasteiger partial charge in [-0.05, 0) is 45.0 Å². The van der Waals surface area contributed by atoms with Gasteiger partial charge in [0, 0.05) is 32.2 Å². The molecule has 1 atom stereocenters. The molecular formula is C23H34N4O2S. The van der Waals surface area contributed by atoms with E-state index in [1.807, 2.05) is 19.1 Å². The summed E-state index contributed by atoms with van der Waals surface area (Å²) in [5, 5.41) is 6.32. The van der Waals surface area contributed by atoms with Crippen LogP contribution in [0.5, 0.6) is 0 Å². The van der Waals surface area contributed by atoms with Crippen LogP contribution in [0.25, 0.3) is 0 Å². The lowest BCUT2D eigenvalue weighted by Crippen LogP contribution is -2.40. The van der Waals surface area contributed by atoms with Gasteiger partial charge in [0.25, 0.3) is 0 Å². The molecule has 2 N–H and O–H groups in total. The molecular weight excluding hydrogens is 396 g/mol. The Kier molecular flexibility index (Phi) is 9.83. The van der Waals surface area contributed by atoms with Gasteiger partial charge in [-0.15, -0.1) is 0 Å². The van der Waals surface area contributed by atoms with Crippen molar-refractivity contribution in [1.29, 1.82) is 0 Å². The predicted octanol–water partition coefficient (Wildman–Crippen LogP) is 2.93. The number of benzene rings is 2. The molecule has 0 bridgehead atoms. The van der Waals surface area contributed by atoms with Crippen LogP contribution in [0, 0.1) is 0 Å². The fraction of sp³-hybridized carbons (Fsp3) is 0.435.